The van der Waals surface area contributed by atoms with E-state index in [4.69, 9.17) is 0 Å². The Morgan fingerprint density at radius 1 is 1.37 bits per heavy atom. The van der Waals surface area contributed by atoms with Crippen LogP contribution in [0.25, 0.3) is 0 Å². The highest BCUT2D eigenvalue weighted by Gasteiger charge is 2.26. The molecule has 2 N–H and O–H groups in total. The maximum Gasteiger partial charge on any atom is 0.241 e. The zero-order chi connectivity index (χ0) is 13.9. The third-order valence-corrected chi connectivity index (χ3v) is 5.79. The van der Waals surface area contributed by atoms with Crippen molar-refractivity contribution in [2.24, 2.45) is 0 Å². The molecule has 0 amide bonds. The van der Waals surface area contributed by atoms with Crippen LogP contribution in [0.15, 0.2) is 27.6 Å². The summed E-state index contributed by atoms with van der Waals surface area (Å²) in [6, 6.07) is 5.48. The molecule has 2 rings (SSSR count). The Labute approximate surface area is 123 Å². The SMILES string of the molecule is CCNCc1ccc(S(=O)(=O)NC2CCC2)c(Br)c1. The largest absolute Gasteiger partial charge is 0.313 e. The molecule has 0 aromatic heterocycles. The molecule has 0 spiro atoms. The van der Waals surface area contributed by atoms with E-state index >= 15 is 0 Å². The predicted molar refractivity (Wildman–Crippen MR) is 79.5 cm³/mol. The fourth-order valence-electron chi connectivity index (χ4n) is 1.95. The summed E-state index contributed by atoms with van der Waals surface area (Å²) >= 11 is 3.36. The van der Waals surface area contributed by atoms with Crippen LogP contribution < -0.4 is 10.0 Å². The van der Waals surface area contributed by atoms with Gasteiger partial charge in [0.15, 0.2) is 0 Å². The fourth-order valence-corrected chi connectivity index (χ4v) is 4.38. The highest BCUT2D eigenvalue weighted by atomic mass is 79.9. The molecule has 1 saturated carbocycles. The van der Waals surface area contributed by atoms with Gasteiger partial charge < -0.3 is 5.32 Å². The van der Waals surface area contributed by atoms with E-state index in [0.29, 0.717) is 9.37 Å². The van der Waals surface area contributed by atoms with Crippen LogP contribution in [-0.2, 0) is 16.6 Å². The zero-order valence-corrected chi connectivity index (χ0v) is 13.4. The first-order valence-electron chi connectivity index (χ1n) is 6.54. The molecule has 0 heterocycles. The molecule has 1 aliphatic carbocycles. The molecule has 0 bridgehead atoms. The summed E-state index contributed by atoms with van der Waals surface area (Å²) in [6.07, 6.45) is 2.99. The normalized spacial score (nSPS) is 16.3. The Hall–Kier alpha value is -0.430. The summed E-state index contributed by atoms with van der Waals surface area (Å²) in [5, 5.41) is 3.21. The second kappa shape index (κ2) is 6.35. The average Bonchev–Trinajstić information content (AvgIpc) is 2.31. The molecule has 106 valence electrons. The molecule has 0 unspecified atom stereocenters. The number of hydrogen-bond donors (Lipinski definition) is 2. The van der Waals surface area contributed by atoms with Gasteiger partial charge in [0.1, 0.15) is 0 Å². The van der Waals surface area contributed by atoms with Gasteiger partial charge in [0.25, 0.3) is 0 Å². The third kappa shape index (κ3) is 3.78. The van der Waals surface area contributed by atoms with Crippen molar-refractivity contribution in [1.29, 1.82) is 0 Å². The van der Waals surface area contributed by atoms with Crippen LogP contribution in [0.3, 0.4) is 0 Å². The van der Waals surface area contributed by atoms with E-state index in [-0.39, 0.29) is 6.04 Å². The molecule has 19 heavy (non-hydrogen) atoms. The minimum atomic E-state index is -3.41. The van der Waals surface area contributed by atoms with Crippen LogP contribution in [0, 0.1) is 0 Å². The summed E-state index contributed by atoms with van der Waals surface area (Å²) in [6.45, 7) is 3.67. The van der Waals surface area contributed by atoms with Crippen LogP contribution in [0.2, 0.25) is 0 Å². The second-order valence-corrected chi connectivity index (χ2v) is 7.33. The molecule has 1 aromatic rings. The average molecular weight is 347 g/mol. The van der Waals surface area contributed by atoms with Crippen LogP contribution >= 0.6 is 15.9 Å². The van der Waals surface area contributed by atoms with E-state index in [9.17, 15) is 8.42 Å². The lowest BCUT2D eigenvalue weighted by Gasteiger charge is -2.26. The van der Waals surface area contributed by atoms with Crippen molar-refractivity contribution in [2.75, 3.05) is 6.54 Å². The Bertz CT molecular complexity index is 542. The van der Waals surface area contributed by atoms with Crippen molar-refractivity contribution in [2.45, 2.75) is 43.7 Å². The third-order valence-electron chi connectivity index (χ3n) is 3.29. The monoisotopic (exact) mass is 346 g/mol. The molecular weight excluding hydrogens is 328 g/mol. The number of halogens is 1. The van der Waals surface area contributed by atoms with Gasteiger partial charge >= 0.3 is 0 Å². The lowest BCUT2D eigenvalue weighted by molar-refractivity contribution is 0.383. The molecule has 0 radical (unpaired) electrons. The van der Waals surface area contributed by atoms with Gasteiger partial charge in [-0.2, -0.15) is 0 Å². The maximum atomic E-state index is 12.2. The van der Waals surface area contributed by atoms with Gasteiger partial charge in [-0.15, -0.1) is 0 Å². The van der Waals surface area contributed by atoms with E-state index in [0.717, 1.165) is 37.9 Å². The van der Waals surface area contributed by atoms with Crippen LogP contribution in [0.4, 0.5) is 0 Å². The van der Waals surface area contributed by atoms with E-state index in [1.165, 1.54) is 0 Å². The molecule has 0 aliphatic heterocycles. The lowest BCUT2D eigenvalue weighted by atomic mass is 9.94. The van der Waals surface area contributed by atoms with Crippen LogP contribution in [0.5, 0.6) is 0 Å². The van der Waals surface area contributed by atoms with Crippen molar-refractivity contribution in [3.63, 3.8) is 0 Å². The maximum absolute atomic E-state index is 12.2. The highest BCUT2D eigenvalue weighted by Crippen LogP contribution is 2.26. The second-order valence-electron chi connectivity index (χ2n) is 4.79. The van der Waals surface area contributed by atoms with Crippen LogP contribution in [-0.4, -0.2) is 21.0 Å². The number of hydrogen-bond acceptors (Lipinski definition) is 3. The van der Waals surface area contributed by atoms with Crippen molar-refractivity contribution in [3.8, 4) is 0 Å². The molecule has 1 aromatic carbocycles. The lowest BCUT2D eigenvalue weighted by Crippen LogP contribution is -2.39. The number of rotatable bonds is 6. The number of nitrogens with one attached hydrogen (secondary N) is 2. The standard InChI is InChI=1S/C13H19BrN2O2S/c1-2-15-9-10-6-7-13(12(14)8-10)19(17,18)16-11-4-3-5-11/h6-8,11,15-16H,2-5,9H2,1H3. The Kier molecular flexibility index (Phi) is 5.00. The molecular formula is C13H19BrN2O2S. The summed E-state index contributed by atoms with van der Waals surface area (Å²) in [5.74, 6) is 0. The Morgan fingerprint density at radius 3 is 2.63 bits per heavy atom. The topological polar surface area (TPSA) is 58.2 Å². The van der Waals surface area contributed by atoms with Crippen molar-refractivity contribution in [1.82, 2.24) is 10.0 Å². The molecule has 1 fully saturated rings. The van der Waals surface area contributed by atoms with E-state index in [1.54, 1.807) is 6.07 Å². The predicted octanol–water partition coefficient (Wildman–Crippen LogP) is 2.39. The molecule has 4 nitrogen and oxygen atoms in total. The van der Waals surface area contributed by atoms with E-state index < -0.39 is 10.0 Å². The molecule has 6 heteroatoms. The van der Waals surface area contributed by atoms with E-state index in [2.05, 4.69) is 26.0 Å². The highest BCUT2D eigenvalue weighted by molar-refractivity contribution is 9.10. The Morgan fingerprint density at radius 2 is 2.11 bits per heavy atom. The molecule has 1 aliphatic rings. The first-order valence-corrected chi connectivity index (χ1v) is 8.82. The first-order chi connectivity index (χ1) is 9.03. The number of sulfonamides is 1. The van der Waals surface area contributed by atoms with Gasteiger partial charge in [0.05, 0.1) is 4.90 Å². The molecule has 0 atom stereocenters. The minimum Gasteiger partial charge on any atom is -0.313 e. The van der Waals surface area contributed by atoms with Crippen molar-refractivity contribution >= 4 is 26.0 Å². The Balaban J connectivity index is 2.14. The summed E-state index contributed by atoms with van der Waals surface area (Å²) in [7, 11) is -3.41. The first kappa shape index (κ1) is 15.0. The molecule has 0 saturated heterocycles. The zero-order valence-electron chi connectivity index (χ0n) is 10.9. The number of benzene rings is 1. The summed E-state index contributed by atoms with van der Waals surface area (Å²) < 4.78 is 27.8. The van der Waals surface area contributed by atoms with Gasteiger partial charge in [0.2, 0.25) is 10.0 Å². The van der Waals surface area contributed by atoms with Gasteiger partial charge in [0, 0.05) is 17.1 Å². The quantitative estimate of drug-likeness (QED) is 0.831. The summed E-state index contributed by atoms with van der Waals surface area (Å²) in [5.41, 5.74) is 1.07. The van der Waals surface area contributed by atoms with Gasteiger partial charge in [-0.05, 0) is 53.0 Å². The smallest absolute Gasteiger partial charge is 0.241 e. The van der Waals surface area contributed by atoms with Crippen molar-refractivity contribution in [3.05, 3.63) is 28.2 Å². The van der Waals surface area contributed by atoms with Gasteiger partial charge in [-0.1, -0.05) is 19.4 Å². The van der Waals surface area contributed by atoms with Crippen LogP contribution in [0.1, 0.15) is 31.7 Å². The summed E-state index contributed by atoms with van der Waals surface area (Å²) in [4.78, 5) is 0.319. The van der Waals surface area contributed by atoms with Crippen molar-refractivity contribution < 1.29 is 8.42 Å². The van der Waals surface area contributed by atoms with E-state index in [1.807, 2.05) is 19.1 Å². The van der Waals surface area contributed by atoms with Gasteiger partial charge in [-0.25, -0.2) is 13.1 Å². The minimum absolute atomic E-state index is 0.110. The van der Waals surface area contributed by atoms with Gasteiger partial charge in [-0.3, -0.25) is 0 Å². The fraction of sp³-hybridized carbons (Fsp3) is 0.538.